The van der Waals surface area contributed by atoms with Crippen molar-refractivity contribution in [3.63, 3.8) is 0 Å². The summed E-state index contributed by atoms with van der Waals surface area (Å²) < 4.78 is 5.52. The third-order valence-electron chi connectivity index (χ3n) is 2.51. The van der Waals surface area contributed by atoms with Gasteiger partial charge >= 0.3 is 0 Å². The molecule has 1 rings (SSSR count). The molecule has 0 radical (unpaired) electrons. The van der Waals surface area contributed by atoms with Crippen LogP contribution >= 0.6 is 0 Å². The minimum atomic E-state index is 0.855. The summed E-state index contributed by atoms with van der Waals surface area (Å²) in [6.07, 6.45) is 1.76. The fraction of sp³-hybridized carbons (Fsp3) is 0.538. The van der Waals surface area contributed by atoms with Gasteiger partial charge in [0.1, 0.15) is 5.76 Å². The average molecular weight is 222 g/mol. The number of hydrogen-bond donors (Lipinski definition) is 1. The Labute approximate surface area is 98.1 Å². The Kier molecular flexibility index (Phi) is 5.29. The van der Waals surface area contributed by atoms with Gasteiger partial charge in [-0.15, -0.1) is 0 Å². The zero-order chi connectivity index (χ0) is 12.0. The van der Waals surface area contributed by atoms with Crippen LogP contribution in [0.1, 0.15) is 25.2 Å². The second kappa shape index (κ2) is 6.51. The number of hydrogen-bond acceptors (Lipinski definition) is 3. The summed E-state index contributed by atoms with van der Waals surface area (Å²) in [5.74, 6) is 1.05. The van der Waals surface area contributed by atoms with E-state index in [2.05, 4.69) is 30.6 Å². The summed E-state index contributed by atoms with van der Waals surface area (Å²) in [5, 5.41) is 3.15. The van der Waals surface area contributed by atoms with Crippen LogP contribution in [0.5, 0.6) is 0 Å². The third-order valence-corrected chi connectivity index (χ3v) is 2.51. The molecule has 0 fully saturated rings. The molecule has 0 bridgehead atoms. The van der Waals surface area contributed by atoms with Gasteiger partial charge in [0.25, 0.3) is 0 Å². The van der Waals surface area contributed by atoms with Gasteiger partial charge in [-0.3, -0.25) is 4.90 Å². The third kappa shape index (κ3) is 3.83. The van der Waals surface area contributed by atoms with E-state index in [4.69, 9.17) is 4.42 Å². The van der Waals surface area contributed by atoms with Crippen molar-refractivity contribution < 1.29 is 4.42 Å². The molecular weight excluding hydrogens is 200 g/mol. The predicted octanol–water partition coefficient (Wildman–Crippen LogP) is 2.40. The zero-order valence-electron chi connectivity index (χ0n) is 10.5. The summed E-state index contributed by atoms with van der Waals surface area (Å²) in [4.78, 5) is 2.32. The summed E-state index contributed by atoms with van der Waals surface area (Å²) in [6, 6.07) is 2.03. The molecule has 3 nitrogen and oxygen atoms in total. The van der Waals surface area contributed by atoms with Crippen molar-refractivity contribution in [2.75, 3.05) is 20.1 Å². The average Bonchev–Trinajstić information content (AvgIpc) is 2.65. The molecule has 0 unspecified atom stereocenters. The fourth-order valence-corrected chi connectivity index (χ4v) is 1.72. The van der Waals surface area contributed by atoms with Crippen LogP contribution in [0.15, 0.2) is 28.9 Å². The standard InChI is InChI=1S/C13H22N2O/c1-5-15(9-11(2)3)10-13-12(8-14-4)6-7-16-13/h6-7,14H,2,5,8-10H2,1,3-4H3. The molecule has 0 aromatic carbocycles. The summed E-state index contributed by atoms with van der Waals surface area (Å²) in [5.41, 5.74) is 2.42. The Balaban J connectivity index is 2.62. The van der Waals surface area contributed by atoms with Gasteiger partial charge in [-0.2, -0.15) is 0 Å². The lowest BCUT2D eigenvalue weighted by Crippen LogP contribution is -2.25. The quantitative estimate of drug-likeness (QED) is 0.718. The second-order valence-electron chi connectivity index (χ2n) is 4.16. The maximum Gasteiger partial charge on any atom is 0.122 e. The molecule has 0 aliphatic rings. The molecule has 1 N–H and O–H groups in total. The highest BCUT2D eigenvalue weighted by Crippen LogP contribution is 2.13. The van der Waals surface area contributed by atoms with Crippen molar-refractivity contribution in [2.45, 2.75) is 26.9 Å². The van der Waals surface area contributed by atoms with Gasteiger partial charge in [0, 0.05) is 18.7 Å². The Morgan fingerprint density at radius 1 is 1.56 bits per heavy atom. The first-order valence-electron chi connectivity index (χ1n) is 5.74. The Morgan fingerprint density at radius 3 is 2.88 bits per heavy atom. The van der Waals surface area contributed by atoms with E-state index >= 15 is 0 Å². The van der Waals surface area contributed by atoms with Crippen molar-refractivity contribution in [1.29, 1.82) is 0 Å². The van der Waals surface area contributed by atoms with Crippen LogP contribution in [0, 0.1) is 0 Å². The highest BCUT2D eigenvalue weighted by Gasteiger charge is 2.10. The topological polar surface area (TPSA) is 28.4 Å². The maximum atomic E-state index is 5.52. The second-order valence-corrected chi connectivity index (χ2v) is 4.16. The Bertz CT molecular complexity index is 330. The van der Waals surface area contributed by atoms with Crippen molar-refractivity contribution in [2.24, 2.45) is 0 Å². The van der Waals surface area contributed by atoms with Gasteiger partial charge < -0.3 is 9.73 Å². The molecule has 0 saturated carbocycles. The van der Waals surface area contributed by atoms with E-state index in [0.717, 1.165) is 31.9 Å². The van der Waals surface area contributed by atoms with E-state index < -0.39 is 0 Å². The van der Waals surface area contributed by atoms with Gasteiger partial charge in [0.05, 0.1) is 12.8 Å². The molecule has 90 valence electrons. The number of nitrogens with zero attached hydrogens (tertiary/aromatic N) is 1. The van der Waals surface area contributed by atoms with Crippen LogP contribution in [0.3, 0.4) is 0 Å². The first-order valence-corrected chi connectivity index (χ1v) is 5.74. The van der Waals surface area contributed by atoms with Gasteiger partial charge in [-0.25, -0.2) is 0 Å². The summed E-state index contributed by atoms with van der Waals surface area (Å²) in [6.45, 7) is 11.8. The van der Waals surface area contributed by atoms with Gasteiger partial charge in [-0.1, -0.05) is 19.1 Å². The molecule has 0 aliphatic heterocycles. The number of likely N-dealkylation sites (N-methyl/N-ethyl adjacent to an activating group) is 1. The van der Waals surface area contributed by atoms with Crippen molar-refractivity contribution in [3.05, 3.63) is 35.8 Å². The SMILES string of the molecule is C=C(C)CN(CC)Cc1occc1CNC. The van der Waals surface area contributed by atoms with Crippen LogP contribution in [-0.2, 0) is 13.1 Å². The normalized spacial score (nSPS) is 11.0. The highest BCUT2D eigenvalue weighted by molar-refractivity contribution is 5.17. The molecule has 1 aromatic rings. The molecule has 0 atom stereocenters. The lowest BCUT2D eigenvalue weighted by Gasteiger charge is -2.19. The lowest BCUT2D eigenvalue weighted by molar-refractivity contribution is 0.274. The van der Waals surface area contributed by atoms with E-state index in [9.17, 15) is 0 Å². The van der Waals surface area contributed by atoms with Crippen LogP contribution in [0.4, 0.5) is 0 Å². The summed E-state index contributed by atoms with van der Waals surface area (Å²) >= 11 is 0. The number of nitrogens with one attached hydrogen (secondary N) is 1. The maximum absolute atomic E-state index is 5.52. The van der Waals surface area contributed by atoms with Crippen LogP contribution in [-0.4, -0.2) is 25.0 Å². The van der Waals surface area contributed by atoms with E-state index in [1.165, 1.54) is 11.1 Å². The first kappa shape index (κ1) is 13.0. The summed E-state index contributed by atoms with van der Waals surface area (Å²) in [7, 11) is 1.95. The minimum absolute atomic E-state index is 0.855. The van der Waals surface area contributed by atoms with Gasteiger partial charge in [0.15, 0.2) is 0 Å². The monoisotopic (exact) mass is 222 g/mol. The fourth-order valence-electron chi connectivity index (χ4n) is 1.72. The van der Waals surface area contributed by atoms with Crippen LogP contribution in [0.25, 0.3) is 0 Å². The smallest absolute Gasteiger partial charge is 0.122 e. The first-order chi connectivity index (χ1) is 7.67. The molecule has 0 saturated heterocycles. The predicted molar refractivity (Wildman–Crippen MR) is 67.2 cm³/mol. The zero-order valence-corrected chi connectivity index (χ0v) is 10.5. The molecule has 0 aliphatic carbocycles. The Morgan fingerprint density at radius 2 is 2.31 bits per heavy atom. The molecule has 3 heteroatoms. The van der Waals surface area contributed by atoms with Gasteiger partial charge in [-0.05, 0) is 26.6 Å². The molecule has 0 amide bonds. The highest BCUT2D eigenvalue weighted by atomic mass is 16.3. The van der Waals surface area contributed by atoms with Crippen molar-refractivity contribution in [1.82, 2.24) is 10.2 Å². The van der Waals surface area contributed by atoms with Crippen molar-refractivity contribution >= 4 is 0 Å². The Hall–Kier alpha value is -1.06. The minimum Gasteiger partial charge on any atom is -0.468 e. The van der Waals surface area contributed by atoms with Crippen molar-refractivity contribution in [3.8, 4) is 0 Å². The van der Waals surface area contributed by atoms with Gasteiger partial charge in [0.2, 0.25) is 0 Å². The lowest BCUT2D eigenvalue weighted by atomic mass is 10.2. The van der Waals surface area contributed by atoms with E-state index in [1.54, 1.807) is 6.26 Å². The largest absolute Gasteiger partial charge is 0.468 e. The van der Waals surface area contributed by atoms with E-state index in [-0.39, 0.29) is 0 Å². The molecule has 16 heavy (non-hydrogen) atoms. The number of furan rings is 1. The molecular formula is C13H22N2O. The number of rotatable bonds is 7. The van der Waals surface area contributed by atoms with E-state index in [0.29, 0.717) is 0 Å². The molecule has 0 spiro atoms. The van der Waals surface area contributed by atoms with E-state index in [1.807, 2.05) is 13.1 Å². The molecule has 1 aromatic heterocycles. The molecule has 1 heterocycles. The van der Waals surface area contributed by atoms with Crippen LogP contribution < -0.4 is 5.32 Å². The van der Waals surface area contributed by atoms with Crippen LogP contribution in [0.2, 0.25) is 0 Å².